The second-order valence-corrected chi connectivity index (χ2v) is 6.47. The highest BCUT2D eigenvalue weighted by Gasteiger charge is 2.12. The van der Waals surface area contributed by atoms with Gasteiger partial charge < -0.3 is 14.5 Å². The lowest BCUT2D eigenvalue weighted by Crippen LogP contribution is -1.94. The molecule has 2 aromatic heterocycles. The molecule has 4 rings (SSSR count). The van der Waals surface area contributed by atoms with Crippen LogP contribution >= 0.6 is 0 Å². The third kappa shape index (κ3) is 2.80. The zero-order chi connectivity index (χ0) is 18.3. The van der Waals surface area contributed by atoms with Gasteiger partial charge in [0, 0.05) is 11.1 Å². The average molecular weight is 345 g/mol. The molecule has 2 heterocycles. The van der Waals surface area contributed by atoms with Crippen molar-refractivity contribution in [3.63, 3.8) is 0 Å². The van der Waals surface area contributed by atoms with Gasteiger partial charge >= 0.3 is 5.97 Å². The normalized spacial score (nSPS) is 11.2. The van der Waals surface area contributed by atoms with Crippen LogP contribution in [0.3, 0.4) is 0 Å². The molecule has 0 aliphatic heterocycles. The summed E-state index contributed by atoms with van der Waals surface area (Å²) in [6.45, 7) is 4.22. The summed E-state index contributed by atoms with van der Waals surface area (Å²) in [6.07, 6.45) is 0.928. The predicted octanol–water partition coefficient (Wildman–Crippen LogP) is 5.66. The molecule has 0 atom stereocenters. The lowest BCUT2D eigenvalue weighted by Gasteiger charge is -2.00. The zero-order valence-electron chi connectivity index (χ0n) is 14.7. The number of aromatic nitrogens is 1. The molecule has 0 saturated carbocycles. The van der Waals surface area contributed by atoms with Crippen molar-refractivity contribution in [2.24, 2.45) is 0 Å². The third-order valence-corrected chi connectivity index (χ3v) is 4.61. The summed E-state index contributed by atoms with van der Waals surface area (Å²) in [4.78, 5) is 14.3. The molecule has 0 unspecified atom stereocenters. The molecule has 0 saturated heterocycles. The van der Waals surface area contributed by atoms with Gasteiger partial charge in [-0.2, -0.15) is 0 Å². The van der Waals surface area contributed by atoms with Crippen LogP contribution in [0, 0.1) is 6.92 Å². The van der Waals surface area contributed by atoms with Gasteiger partial charge in [0.1, 0.15) is 5.58 Å². The Balaban J connectivity index is 1.72. The molecule has 130 valence electrons. The number of H-pyrrole nitrogens is 1. The Morgan fingerprint density at radius 2 is 1.77 bits per heavy atom. The maximum absolute atomic E-state index is 11.0. The van der Waals surface area contributed by atoms with Crippen LogP contribution in [-0.2, 0) is 6.42 Å². The van der Waals surface area contributed by atoms with Crippen LogP contribution in [0.2, 0.25) is 0 Å². The quantitative estimate of drug-likeness (QED) is 0.501. The summed E-state index contributed by atoms with van der Waals surface area (Å²) in [7, 11) is 0. The maximum atomic E-state index is 11.0. The van der Waals surface area contributed by atoms with Gasteiger partial charge in [0.25, 0.3) is 0 Å². The van der Waals surface area contributed by atoms with Crippen molar-refractivity contribution < 1.29 is 14.3 Å². The molecule has 0 aliphatic carbocycles. The van der Waals surface area contributed by atoms with E-state index in [-0.39, 0.29) is 5.56 Å². The molecular weight excluding hydrogens is 326 g/mol. The Morgan fingerprint density at radius 3 is 2.46 bits per heavy atom. The van der Waals surface area contributed by atoms with Crippen molar-refractivity contribution >= 4 is 16.9 Å². The Labute approximate surface area is 151 Å². The van der Waals surface area contributed by atoms with E-state index >= 15 is 0 Å². The topological polar surface area (TPSA) is 66.2 Å². The van der Waals surface area contributed by atoms with Gasteiger partial charge in [-0.05, 0) is 66.4 Å². The summed E-state index contributed by atoms with van der Waals surface area (Å²) in [6, 6.07) is 17.1. The molecule has 0 bridgehead atoms. The number of carboxylic acid groups (broad SMARTS) is 1. The van der Waals surface area contributed by atoms with Crippen molar-refractivity contribution in [2.75, 3.05) is 0 Å². The largest absolute Gasteiger partial charge is 0.478 e. The minimum absolute atomic E-state index is 0.278. The van der Waals surface area contributed by atoms with Crippen LogP contribution in [0.1, 0.15) is 28.4 Å². The fourth-order valence-electron chi connectivity index (χ4n) is 3.29. The highest BCUT2D eigenvalue weighted by Crippen LogP contribution is 2.32. The molecule has 4 heteroatoms. The first-order chi connectivity index (χ1) is 12.5. The molecule has 2 N–H and O–H groups in total. The number of rotatable bonds is 4. The molecular formula is C22H19NO3. The third-order valence-electron chi connectivity index (χ3n) is 4.61. The SMILES string of the molecule is CCc1cc(C)cc2cc(-c3ccc(-c4ccc(C(=O)O)cc4)[nH]3)oc12. The second kappa shape index (κ2) is 6.23. The number of aromatic carboxylic acids is 1. The molecule has 0 aliphatic rings. The van der Waals surface area contributed by atoms with Crippen LogP contribution in [0.25, 0.3) is 33.7 Å². The minimum atomic E-state index is -0.923. The van der Waals surface area contributed by atoms with Crippen molar-refractivity contribution in [1.29, 1.82) is 0 Å². The number of hydrogen-bond acceptors (Lipinski definition) is 2. The first-order valence-electron chi connectivity index (χ1n) is 8.61. The van der Waals surface area contributed by atoms with Gasteiger partial charge in [0.15, 0.2) is 5.76 Å². The molecule has 4 aromatic rings. The fraction of sp³-hybridized carbons (Fsp3) is 0.136. The van der Waals surface area contributed by atoms with Crippen LogP contribution in [-0.4, -0.2) is 16.1 Å². The number of furan rings is 1. The monoisotopic (exact) mass is 345 g/mol. The van der Waals surface area contributed by atoms with Crippen molar-refractivity contribution in [3.05, 3.63) is 71.3 Å². The van der Waals surface area contributed by atoms with E-state index in [1.54, 1.807) is 24.3 Å². The predicted molar refractivity (Wildman–Crippen MR) is 103 cm³/mol. The van der Waals surface area contributed by atoms with Crippen LogP contribution in [0.4, 0.5) is 0 Å². The highest BCUT2D eigenvalue weighted by molar-refractivity contribution is 5.88. The van der Waals surface area contributed by atoms with Crippen molar-refractivity contribution in [1.82, 2.24) is 4.98 Å². The molecule has 0 spiro atoms. The number of fused-ring (bicyclic) bond motifs is 1. The number of benzene rings is 2. The number of nitrogens with one attached hydrogen (secondary N) is 1. The summed E-state index contributed by atoms with van der Waals surface area (Å²) in [5, 5.41) is 10.1. The average Bonchev–Trinajstić information content (AvgIpc) is 3.27. The van der Waals surface area contributed by atoms with E-state index in [0.29, 0.717) is 0 Å². The number of hydrogen-bond donors (Lipinski definition) is 2. The van der Waals surface area contributed by atoms with Crippen molar-refractivity contribution in [2.45, 2.75) is 20.3 Å². The number of carbonyl (C=O) groups is 1. The molecule has 26 heavy (non-hydrogen) atoms. The smallest absolute Gasteiger partial charge is 0.335 e. The minimum Gasteiger partial charge on any atom is -0.478 e. The number of aromatic amines is 1. The fourth-order valence-corrected chi connectivity index (χ4v) is 3.29. The van der Waals surface area contributed by atoms with Gasteiger partial charge in [-0.1, -0.05) is 25.1 Å². The lowest BCUT2D eigenvalue weighted by atomic mass is 10.1. The van der Waals surface area contributed by atoms with Gasteiger partial charge in [-0.15, -0.1) is 0 Å². The number of carboxylic acids is 1. The van der Waals surface area contributed by atoms with Crippen LogP contribution in [0.5, 0.6) is 0 Å². The van der Waals surface area contributed by atoms with E-state index in [1.807, 2.05) is 12.1 Å². The second-order valence-electron chi connectivity index (χ2n) is 6.47. The summed E-state index contributed by atoms with van der Waals surface area (Å²) >= 11 is 0. The first kappa shape index (κ1) is 16.2. The van der Waals surface area contributed by atoms with Gasteiger partial charge in [-0.25, -0.2) is 4.79 Å². The van der Waals surface area contributed by atoms with Gasteiger partial charge in [0.05, 0.1) is 11.3 Å². The summed E-state index contributed by atoms with van der Waals surface area (Å²) in [5.74, 6) is -0.123. The Kier molecular flexibility index (Phi) is 3.88. The van der Waals surface area contributed by atoms with E-state index in [2.05, 4.69) is 37.0 Å². The summed E-state index contributed by atoms with van der Waals surface area (Å²) in [5.41, 5.74) is 6.41. The maximum Gasteiger partial charge on any atom is 0.335 e. The standard InChI is InChI=1S/C22H19NO3/c1-3-14-10-13(2)11-17-12-20(26-21(14)17)19-9-8-18(23-19)15-4-6-16(7-5-15)22(24)25/h4-12,23H,3H2,1-2H3,(H,24,25). The molecule has 4 nitrogen and oxygen atoms in total. The first-order valence-corrected chi connectivity index (χ1v) is 8.61. The summed E-state index contributed by atoms with van der Waals surface area (Å²) < 4.78 is 6.12. The van der Waals surface area contributed by atoms with E-state index in [0.717, 1.165) is 40.1 Å². The van der Waals surface area contributed by atoms with E-state index in [4.69, 9.17) is 9.52 Å². The highest BCUT2D eigenvalue weighted by atomic mass is 16.4. The lowest BCUT2D eigenvalue weighted by molar-refractivity contribution is 0.0697. The zero-order valence-corrected chi connectivity index (χ0v) is 14.7. The van der Waals surface area contributed by atoms with Gasteiger partial charge in [-0.3, -0.25) is 0 Å². The molecule has 2 aromatic carbocycles. The molecule has 0 amide bonds. The van der Waals surface area contributed by atoms with Gasteiger partial charge in [0.2, 0.25) is 0 Å². The van der Waals surface area contributed by atoms with E-state index < -0.39 is 5.97 Å². The Hall–Kier alpha value is -3.27. The number of aryl methyl sites for hydroxylation is 2. The van der Waals surface area contributed by atoms with Crippen LogP contribution < -0.4 is 0 Å². The molecule has 0 fully saturated rings. The van der Waals surface area contributed by atoms with E-state index in [1.165, 1.54) is 11.1 Å². The molecule has 0 radical (unpaired) electrons. The van der Waals surface area contributed by atoms with E-state index in [9.17, 15) is 4.79 Å². The van der Waals surface area contributed by atoms with Crippen LogP contribution in [0.15, 0.2) is 59.0 Å². The Bertz CT molecular complexity index is 1100. The van der Waals surface area contributed by atoms with Crippen molar-refractivity contribution in [3.8, 4) is 22.7 Å². The Morgan fingerprint density at radius 1 is 1.04 bits per heavy atom.